The van der Waals surface area contributed by atoms with Gasteiger partial charge < -0.3 is 15.5 Å². The highest BCUT2D eigenvalue weighted by Crippen LogP contribution is 2.22. The van der Waals surface area contributed by atoms with Crippen LogP contribution in [0.5, 0.6) is 0 Å². The van der Waals surface area contributed by atoms with Crippen molar-refractivity contribution < 1.29 is 50.9 Å². The predicted octanol–water partition coefficient (Wildman–Crippen LogP) is 4.09. The molecule has 0 spiro atoms. The minimum absolute atomic E-state index is 0.0161. The van der Waals surface area contributed by atoms with Gasteiger partial charge in [-0.05, 0) is 58.8 Å². The summed E-state index contributed by atoms with van der Waals surface area (Å²) in [4.78, 5) is 36.9. The van der Waals surface area contributed by atoms with Crippen LogP contribution in [0.4, 0.5) is 32.0 Å². The third kappa shape index (κ3) is 11.3. The van der Waals surface area contributed by atoms with E-state index in [2.05, 4.69) is 15.2 Å². The Hall–Kier alpha value is -2.90. The van der Waals surface area contributed by atoms with Crippen LogP contribution in [0, 0.1) is 20.8 Å². The summed E-state index contributed by atoms with van der Waals surface area (Å²) in [6, 6.07) is 2.00. The number of rotatable bonds is 2. The SMILES string of the molecule is Cc1cc(C)c(NC(=O)C2CCCCCN2C)c(C)n1.O=C(O)C(F)(F)F.O=C(O)C(F)(F)F. The highest BCUT2D eigenvalue weighted by molar-refractivity contribution is 5.96. The number of amides is 1. The second-order valence-electron chi connectivity index (χ2n) is 7.48. The fourth-order valence-corrected chi connectivity index (χ4v) is 3.00. The largest absolute Gasteiger partial charge is 0.490 e. The molecule has 0 aromatic carbocycles. The summed E-state index contributed by atoms with van der Waals surface area (Å²) in [6.45, 7) is 6.95. The minimum atomic E-state index is -5.08. The van der Waals surface area contributed by atoms with Crippen LogP contribution in [0.1, 0.15) is 42.6 Å². The number of carbonyl (C=O) groups is 3. The summed E-state index contributed by atoms with van der Waals surface area (Å²) in [7, 11) is 2.04. The van der Waals surface area contributed by atoms with Gasteiger partial charge in [0.1, 0.15) is 0 Å². The summed E-state index contributed by atoms with van der Waals surface area (Å²) in [5.74, 6) is -5.41. The Morgan fingerprint density at radius 3 is 1.85 bits per heavy atom. The zero-order valence-corrected chi connectivity index (χ0v) is 19.0. The van der Waals surface area contributed by atoms with Crippen LogP contribution in [-0.2, 0) is 14.4 Å². The number of carboxylic acids is 2. The first-order valence-corrected chi connectivity index (χ1v) is 9.94. The number of aliphatic carboxylic acids is 2. The smallest absolute Gasteiger partial charge is 0.475 e. The Morgan fingerprint density at radius 2 is 1.44 bits per heavy atom. The van der Waals surface area contributed by atoms with E-state index in [4.69, 9.17) is 19.8 Å². The van der Waals surface area contributed by atoms with Crippen LogP contribution in [0.25, 0.3) is 0 Å². The predicted molar refractivity (Wildman–Crippen MR) is 109 cm³/mol. The van der Waals surface area contributed by atoms with E-state index in [-0.39, 0.29) is 11.9 Å². The van der Waals surface area contributed by atoms with Crippen molar-refractivity contribution in [2.75, 3.05) is 18.9 Å². The monoisotopic (exact) mass is 503 g/mol. The molecule has 0 aliphatic carbocycles. The normalized spacial score (nSPS) is 16.7. The number of aryl methyl sites for hydroxylation is 3. The Morgan fingerprint density at radius 1 is 0.971 bits per heavy atom. The first-order chi connectivity index (χ1) is 15.4. The van der Waals surface area contributed by atoms with Crippen molar-refractivity contribution >= 4 is 23.5 Å². The molecule has 1 amide bonds. The minimum Gasteiger partial charge on any atom is -0.475 e. The molecule has 14 heteroatoms. The van der Waals surface area contributed by atoms with Crippen molar-refractivity contribution in [3.8, 4) is 0 Å². The van der Waals surface area contributed by atoms with E-state index in [9.17, 15) is 31.1 Å². The van der Waals surface area contributed by atoms with Crippen LogP contribution in [0.2, 0.25) is 0 Å². The molecule has 1 aliphatic rings. The molecular formula is C20H27F6N3O5. The Labute approximate surface area is 192 Å². The molecule has 0 saturated carbocycles. The van der Waals surface area contributed by atoms with E-state index in [1.54, 1.807) is 0 Å². The van der Waals surface area contributed by atoms with Crippen LogP contribution < -0.4 is 5.32 Å². The van der Waals surface area contributed by atoms with Gasteiger partial charge in [-0.15, -0.1) is 0 Å². The van der Waals surface area contributed by atoms with Crippen LogP contribution >= 0.6 is 0 Å². The number of carbonyl (C=O) groups excluding carboxylic acids is 1. The standard InChI is InChI=1S/C16H25N3O.2C2HF3O2/c1-11-10-12(2)17-13(3)15(11)18-16(20)14-8-6-5-7-9-19(14)4;2*3-2(4,5)1(6)7/h10,14H,5-9H2,1-4H3,(H,18,20);2*(H,6,7). The zero-order valence-electron chi connectivity index (χ0n) is 19.0. The third-order valence-corrected chi connectivity index (χ3v) is 4.58. The molecule has 8 nitrogen and oxygen atoms in total. The molecule has 1 aliphatic heterocycles. The number of likely N-dealkylation sites (N-methyl/N-ethyl adjacent to an activating group) is 1. The van der Waals surface area contributed by atoms with Gasteiger partial charge in [0.2, 0.25) is 5.91 Å². The highest BCUT2D eigenvalue weighted by atomic mass is 19.4. The molecule has 3 N–H and O–H groups in total. The van der Waals surface area contributed by atoms with Gasteiger partial charge in [0.05, 0.1) is 17.4 Å². The van der Waals surface area contributed by atoms with Gasteiger partial charge in [-0.2, -0.15) is 26.3 Å². The van der Waals surface area contributed by atoms with E-state index in [0.29, 0.717) is 0 Å². The average Bonchev–Trinajstić information content (AvgIpc) is 2.88. The second kappa shape index (κ2) is 13.1. The molecule has 1 atom stereocenters. The van der Waals surface area contributed by atoms with Gasteiger partial charge in [0, 0.05) is 5.69 Å². The summed E-state index contributed by atoms with van der Waals surface area (Å²) >= 11 is 0. The maximum Gasteiger partial charge on any atom is 0.490 e. The summed E-state index contributed by atoms with van der Waals surface area (Å²) < 4.78 is 63.5. The van der Waals surface area contributed by atoms with Crippen molar-refractivity contribution in [1.29, 1.82) is 0 Å². The Kier molecular flexibility index (Phi) is 12.0. The van der Waals surface area contributed by atoms with Crippen LogP contribution in [0.3, 0.4) is 0 Å². The molecule has 34 heavy (non-hydrogen) atoms. The lowest BCUT2D eigenvalue weighted by Gasteiger charge is -2.25. The van der Waals surface area contributed by atoms with Gasteiger partial charge in [0.15, 0.2) is 0 Å². The number of likely N-dealkylation sites (tertiary alicyclic amines) is 1. The molecule has 1 unspecified atom stereocenters. The van der Waals surface area contributed by atoms with Crippen LogP contribution in [0.15, 0.2) is 6.07 Å². The number of hydrogen-bond acceptors (Lipinski definition) is 5. The van der Waals surface area contributed by atoms with Gasteiger partial charge in [-0.1, -0.05) is 12.8 Å². The lowest BCUT2D eigenvalue weighted by molar-refractivity contribution is -0.193. The fraction of sp³-hybridized carbons (Fsp3) is 0.600. The molecule has 0 radical (unpaired) electrons. The summed E-state index contributed by atoms with van der Waals surface area (Å²) in [5.41, 5.74) is 3.84. The lowest BCUT2D eigenvalue weighted by Crippen LogP contribution is -2.41. The molecule has 1 aromatic rings. The Balaban J connectivity index is 0.000000642. The summed E-state index contributed by atoms with van der Waals surface area (Å²) in [6.07, 6.45) is -5.69. The van der Waals surface area contributed by atoms with Crippen molar-refractivity contribution in [3.05, 3.63) is 23.0 Å². The van der Waals surface area contributed by atoms with E-state index in [1.807, 2.05) is 33.9 Å². The number of hydrogen-bond donors (Lipinski definition) is 3. The molecule has 2 rings (SSSR count). The number of carboxylic acid groups (broad SMARTS) is 2. The molecule has 1 aromatic heterocycles. The van der Waals surface area contributed by atoms with Gasteiger partial charge in [0.25, 0.3) is 0 Å². The van der Waals surface area contributed by atoms with Gasteiger partial charge in [-0.3, -0.25) is 14.7 Å². The highest BCUT2D eigenvalue weighted by Gasteiger charge is 2.38. The number of nitrogens with one attached hydrogen (secondary N) is 1. The number of anilines is 1. The molecule has 2 heterocycles. The van der Waals surface area contributed by atoms with Crippen molar-refractivity contribution in [2.24, 2.45) is 0 Å². The molecule has 1 fully saturated rings. The lowest BCUT2D eigenvalue weighted by atomic mass is 10.1. The number of halogens is 6. The number of nitrogens with zero attached hydrogens (tertiary/aromatic N) is 2. The quantitative estimate of drug-likeness (QED) is 0.520. The molecule has 0 bridgehead atoms. The second-order valence-corrected chi connectivity index (χ2v) is 7.48. The van der Waals surface area contributed by atoms with E-state index < -0.39 is 24.3 Å². The van der Waals surface area contributed by atoms with E-state index in [0.717, 1.165) is 42.0 Å². The topological polar surface area (TPSA) is 120 Å². The van der Waals surface area contributed by atoms with Crippen molar-refractivity contribution in [3.63, 3.8) is 0 Å². The Bertz CT molecular complexity index is 811. The summed E-state index contributed by atoms with van der Waals surface area (Å²) in [5, 5.41) is 17.3. The molecule has 194 valence electrons. The first-order valence-electron chi connectivity index (χ1n) is 9.94. The molecular weight excluding hydrogens is 476 g/mol. The third-order valence-electron chi connectivity index (χ3n) is 4.58. The van der Waals surface area contributed by atoms with Crippen molar-refractivity contribution in [2.45, 2.75) is 64.8 Å². The fourth-order valence-electron chi connectivity index (χ4n) is 3.00. The van der Waals surface area contributed by atoms with Crippen LogP contribution in [-0.4, -0.2) is 69.9 Å². The number of aromatic nitrogens is 1. The van der Waals surface area contributed by atoms with E-state index >= 15 is 0 Å². The van der Waals surface area contributed by atoms with Crippen molar-refractivity contribution in [1.82, 2.24) is 9.88 Å². The number of pyridine rings is 1. The number of alkyl halides is 6. The first kappa shape index (κ1) is 31.1. The average molecular weight is 503 g/mol. The maximum atomic E-state index is 12.5. The van der Waals surface area contributed by atoms with Gasteiger partial charge >= 0.3 is 24.3 Å². The maximum absolute atomic E-state index is 12.5. The molecule has 1 saturated heterocycles. The zero-order chi connectivity index (χ0) is 26.9. The van der Waals surface area contributed by atoms with Gasteiger partial charge in [-0.25, -0.2) is 9.59 Å². The van der Waals surface area contributed by atoms with E-state index in [1.165, 1.54) is 12.8 Å².